The van der Waals surface area contributed by atoms with Gasteiger partial charge in [0.15, 0.2) is 0 Å². The third-order valence-corrected chi connectivity index (χ3v) is 3.47. The van der Waals surface area contributed by atoms with Gasteiger partial charge >= 0.3 is 0 Å². The van der Waals surface area contributed by atoms with Crippen LogP contribution in [0.15, 0.2) is 35.7 Å². The van der Waals surface area contributed by atoms with Gasteiger partial charge in [-0.3, -0.25) is 0 Å². The van der Waals surface area contributed by atoms with Gasteiger partial charge in [-0.1, -0.05) is 6.07 Å². The summed E-state index contributed by atoms with van der Waals surface area (Å²) in [4.78, 5) is 1.35. The molecule has 0 amide bonds. The molecule has 1 heterocycles. The Kier molecular flexibility index (Phi) is 4.01. The van der Waals surface area contributed by atoms with Gasteiger partial charge in [0.05, 0.1) is 6.61 Å². The van der Waals surface area contributed by atoms with Crippen LogP contribution in [0, 0.1) is 0 Å². The molecule has 4 heteroatoms. The molecule has 0 saturated heterocycles. The van der Waals surface area contributed by atoms with E-state index in [-0.39, 0.29) is 12.4 Å². The van der Waals surface area contributed by atoms with Gasteiger partial charge in [-0.2, -0.15) is 0 Å². The number of nitrogens with one attached hydrogen (secondary N) is 1. The Morgan fingerprint density at radius 2 is 2.12 bits per heavy atom. The van der Waals surface area contributed by atoms with E-state index in [0.29, 0.717) is 5.56 Å². The number of aliphatic hydroxyl groups excluding tert-OH is 1. The second-order valence-corrected chi connectivity index (χ2v) is 4.79. The first-order valence-electron chi connectivity index (χ1n) is 5.48. The largest absolute Gasteiger partial charge is 0.508 e. The maximum atomic E-state index is 9.42. The molecule has 0 fully saturated rings. The molecular weight excluding hydrogens is 234 g/mol. The third kappa shape index (κ3) is 3.22. The van der Waals surface area contributed by atoms with Crippen molar-refractivity contribution in [3.8, 4) is 5.75 Å². The van der Waals surface area contributed by atoms with Crippen LogP contribution in [-0.2, 0) is 13.0 Å². The lowest BCUT2D eigenvalue weighted by Gasteiger charge is -2.08. The van der Waals surface area contributed by atoms with E-state index in [1.807, 2.05) is 12.1 Å². The fraction of sp³-hybridized carbons (Fsp3) is 0.231. The molecule has 2 rings (SSSR count). The summed E-state index contributed by atoms with van der Waals surface area (Å²) in [6.45, 7) is 0.697. The summed E-state index contributed by atoms with van der Waals surface area (Å²) in [6, 6.07) is 9.33. The van der Waals surface area contributed by atoms with Crippen LogP contribution in [-0.4, -0.2) is 16.8 Å². The fourth-order valence-corrected chi connectivity index (χ4v) is 2.32. The van der Waals surface area contributed by atoms with Crippen LogP contribution in [0.2, 0.25) is 0 Å². The Bertz CT molecular complexity index is 468. The zero-order valence-corrected chi connectivity index (χ0v) is 10.2. The SMILES string of the molecule is OCc1cc(NCCc2cccs2)ccc1O. The molecule has 1 aromatic carbocycles. The standard InChI is InChI=1S/C13H15NO2S/c15-9-10-8-11(3-4-13(10)16)14-6-5-12-2-1-7-17-12/h1-4,7-8,14-16H,5-6,9H2. The molecule has 0 bridgehead atoms. The summed E-state index contributed by atoms with van der Waals surface area (Å²) in [5.41, 5.74) is 1.47. The van der Waals surface area contributed by atoms with E-state index in [4.69, 9.17) is 5.11 Å². The van der Waals surface area contributed by atoms with E-state index in [2.05, 4.69) is 16.8 Å². The van der Waals surface area contributed by atoms with Gasteiger partial charge in [0.25, 0.3) is 0 Å². The second-order valence-electron chi connectivity index (χ2n) is 3.76. The Morgan fingerprint density at radius 3 is 2.82 bits per heavy atom. The number of hydrogen-bond donors (Lipinski definition) is 3. The molecule has 2 aromatic rings. The van der Waals surface area contributed by atoms with E-state index in [1.54, 1.807) is 23.5 Å². The highest BCUT2D eigenvalue weighted by Gasteiger charge is 2.01. The van der Waals surface area contributed by atoms with Gasteiger partial charge in [-0.25, -0.2) is 0 Å². The van der Waals surface area contributed by atoms with Crippen LogP contribution >= 0.6 is 11.3 Å². The number of phenols is 1. The molecule has 0 radical (unpaired) electrons. The van der Waals surface area contributed by atoms with Crippen LogP contribution in [0.25, 0.3) is 0 Å². The van der Waals surface area contributed by atoms with Gasteiger partial charge in [0.1, 0.15) is 5.75 Å². The first-order chi connectivity index (χ1) is 8.29. The molecule has 0 saturated carbocycles. The Morgan fingerprint density at radius 1 is 1.24 bits per heavy atom. The zero-order chi connectivity index (χ0) is 12.1. The van der Waals surface area contributed by atoms with E-state index >= 15 is 0 Å². The molecule has 90 valence electrons. The summed E-state index contributed by atoms with van der Waals surface area (Å²) in [6.07, 6.45) is 0.979. The molecule has 3 nitrogen and oxygen atoms in total. The maximum absolute atomic E-state index is 9.42. The highest BCUT2D eigenvalue weighted by Crippen LogP contribution is 2.21. The van der Waals surface area contributed by atoms with Crippen molar-refractivity contribution in [2.45, 2.75) is 13.0 Å². The first-order valence-corrected chi connectivity index (χ1v) is 6.36. The highest BCUT2D eigenvalue weighted by molar-refractivity contribution is 7.09. The molecule has 0 aliphatic carbocycles. The number of thiophene rings is 1. The predicted octanol–water partition coefficient (Wildman–Crippen LogP) is 2.60. The molecular formula is C13H15NO2S. The van der Waals surface area contributed by atoms with E-state index in [0.717, 1.165) is 18.7 Å². The summed E-state index contributed by atoms with van der Waals surface area (Å²) < 4.78 is 0. The number of hydrogen-bond acceptors (Lipinski definition) is 4. The van der Waals surface area contributed by atoms with Crippen molar-refractivity contribution in [3.63, 3.8) is 0 Å². The predicted molar refractivity (Wildman–Crippen MR) is 70.5 cm³/mol. The first kappa shape index (κ1) is 12.0. The van der Waals surface area contributed by atoms with Crippen LogP contribution < -0.4 is 5.32 Å². The monoisotopic (exact) mass is 249 g/mol. The summed E-state index contributed by atoms with van der Waals surface area (Å²) >= 11 is 1.75. The van der Waals surface area contributed by atoms with E-state index < -0.39 is 0 Å². The van der Waals surface area contributed by atoms with Crippen LogP contribution in [0.3, 0.4) is 0 Å². The van der Waals surface area contributed by atoms with Crippen LogP contribution in [0.1, 0.15) is 10.4 Å². The fourth-order valence-electron chi connectivity index (χ4n) is 1.61. The van der Waals surface area contributed by atoms with Gasteiger partial charge in [-0.05, 0) is 36.1 Å². The van der Waals surface area contributed by atoms with Crippen molar-refractivity contribution in [2.24, 2.45) is 0 Å². The molecule has 17 heavy (non-hydrogen) atoms. The lowest BCUT2D eigenvalue weighted by Crippen LogP contribution is -2.04. The van der Waals surface area contributed by atoms with E-state index in [1.165, 1.54) is 4.88 Å². The number of anilines is 1. The minimum Gasteiger partial charge on any atom is -0.508 e. The van der Waals surface area contributed by atoms with Gasteiger partial charge in [0, 0.05) is 22.7 Å². The lowest BCUT2D eigenvalue weighted by atomic mass is 10.2. The normalized spacial score (nSPS) is 10.4. The van der Waals surface area contributed by atoms with E-state index in [9.17, 15) is 5.11 Å². The summed E-state index contributed by atoms with van der Waals surface area (Å²) in [5.74, 6) is 0.135. The average molecular weight is 249 g/mol. The van der Waals surface area contributed by atoms with Crippen LogP contribution in [0.4, 0.5) is 5.69 Å². The molecule has 0 aliphatic heterocycles. The molecule has 0 unspecified atom stereocenters. The lowest BCUT2D eigenvalue weighted by molar-refractivity contribution is 0.275. The van der Waals surface area contributed by atoms with Gasteiger partial charge in [0.2, 0.25) is 0 Å². The van der Waals surface area contributed by atoms with Crippen molar-refractivity contribution in [1.82, 2.24) is 0 Å². The van der Waals surface area contributed by atoms with Crippen LogP contribution in [0.5, 0.6) is 5.75 Å². The van der Waals surface area contributed by atoms with Crippen molar-refractivity contribution < 1.29 is 10.2 Å². The summed E-state index contributed by atoms with van der Waals surface area (Å²) in [7, 11) is 0. The second kappa shape index (κ2) is 5.70. The quantitative estimate of drug-likeness (QED) is 0.714. The number of aliphatic hydroxyl groups is 1. The smallest absolute Gasteiger partial charge is 0.121 e. The number of rotatable bonds is 5. The Hall–Kier alpha value is -1.52. The maximum Gasteiger partial charge on any atom is 0.121 e. The minimum atomic E-state index is -0.147. The number of aromatic hydroxyl groups is 1. The molecule has 0 aliphatic rings. The zero-order valence-electron chi connectivity index (χ0n) is 9.39. The molecule has 1 aromatic heterocycles. The minimum absolute atomic E-state index is 0.135. The van der Waals surface area contributed by atoms with Crippen molar-refractivity contribution in [2.75, 3.05) is 11.9 Å². The topological polar surface area (TPSA) is 52.5 Å². The van der Waals surface area contributed by atoms with Crippen molar-refractivity contribution in [3.05, 3.63) is 46.2 Å². The van der Waals surface area contributed by atoms with Gasteiger partial charge in [-0.15, -0.1) is 11.3 Å². The average Bonchev–Trinajstić information content (AvgIpc) is 2.84. The highest BCUT2D eigenvalue weighted by atomic mass is 32.1. The molecule has 0 atom stereocenters. The Labute approximate surface area is 104 Å². The van der Waals surface area contributed by atoms with Gasteiger partial charge < -0.3 is 15.5 Å². The number of benzene rings is 1. The summed E-state index contributed by atoms with van der Waals surface area (Å²) in [5, 5.41) is 23.8. The third-order valence-electron chi connectivity index (χ3n) is 2.53. The molecule has 3 N–H and O–H groups in total. The molecule has 0 spiro atoms. The van der Waals surface area contributed by atoms with Crippen molar-refractivity contribution >= 4 is 17.0 Å². The Balaban J connectivity index is 1.90. The van der Waals surface area contributed by atoms with Crippen molar-refractivity contribution in [1.29, 1.82) is 0 Å².